The topological polar surface area (TPSA) is 60.7 Å². The number of hydrogen-bond acceptors (Lipinski definition) is 5. The molecule has 0 saturated carbocycles. The highest BCUT2D eigenvalue weighted by Crippen LogP contribution is 2.35. The Kier molecular flexibility index (Phi) is 6.91. The van der Waals surface area contributed by atoms with Crippen LogP contribution < -0.4 is 10.1 Å². The van der Waals surface area contributed by atoms with Gasteiger partial charge < -0.3 is 14.8 Å². The van der Waals surface area contributed by atoms with E-state index in [1.807, 2.05) is 40.9 Å². The lowest BCUT2D eigenvalue weighted by Gasteiger charge is -2.32. The average molecular weight is 458 g/mol. The van der Waals surface area contributed by atoms with Crippen LogP contribution in [0.25, 0.3) is 17.0 Å². The predicted molar refractivity (Wildman–Crippen MR) is 118 cm³/mol. The van der Waals surface area contributed by atoms with Crippen LogP contribution in [0.1, 0.15) is 19.3 Å². The Hall–Kier alpha value is -1.57. The lowest BCUT2D eigenvalue weighted by atomic mass is 9.89. The number of rotatable bonds is 3. The molecule has 2 aliphatic rings. The first-order chi connectivity index (χ1) is 13.2. The second kappa shape index (κ2) is 9.06. The summed E-state index contributed by atoms with van der Waals surface area (Å²) in [5.74, 6) is 0.615. The standard InChI is InChI=1S/C20H21ClN4O2.2ClH/c21-14-4-5-18-23-11-17(25(18)12-14)16-2-1-3-19(24-16)27-15-10-20(26-13-15)6-8-22-9-7-20;;/h1-5,11-12,15,22H,6-10,13H2;2*1H. The summed E-state index contributed by atoms with van der Waals surface area (Å²) in [4.78, 5) is 9.12. The number of nitrogens with zero attached hydrogens (tertiary/aromatic N) is 3. The van der Waals surface area contributed by atoms with Crippen molar-refractivity contribution in [2.45, 2.75) is 31.0 Å². The Morgan fingerprint density at radius 3 is 2.83 bits per heavy atom. The van der Waals surface area contributed by atoms with Gasteiger partial charge >= 0.3 is 0 Å². The van der Waals surface area contributed by atoms with E-state index >= 15 is 0 Å². The Labute approximate surface area is 186 Å². The summed E-state index contributed by atoms with van der Waals surface area (Å²) in [6, 6.07) is 9.53. The molecular weight excluding hydrogens is 435 g/mol. The van der Waals surface area contributed by atoms with Gasteiger partial charge in [0.1, 0.15) is 11.8 Å². The first kappa shape index (κ1) is 22.1. The molecule has 9 heteroatoms. The first-order valence-electron chi connectivity index (χ1n) is 9.32. The fraction of sp³-hybridized carbons (Fsp3) is 0.400. The van der Waals surface area contributed by atoms with Crippen molar-refractivity contribution in [3.63, 3.8) is 0 Å². The molecule has 3 aromatic heterocycles. The van der Waals surface area contributed by atoms with Crippen LogP contribution in [0, 0.1) is 0 Å². The molecule has 2 fully saturated rings. The summed E-state index contributed by atoms with van der Waals surface area (Å²) in [7, 11) is 0. The van der Waals surface area contributed by atoms with Gasteiger partial charge in [0.05, 0.1) is 34.8 Å². The van der Waals surface area contributed by atoms with Crippen LogP contribution in [0.4, 0.5) is 0 Å². The molecule has 6 nitrogen and oxygen atoms in total. The number of fused-ring (bicyclic) bond motifs is 1. The van der Waals surface area contributed by atoms with Crippen molar-refractivity contribution in [2.75, 3.05) is 19.7 Å². The fourth-order valence-corrected chi connectivity index (χ4v) is 4.21. The third-order valence-electron chi connectivity index (χ3n) is 5.43. The number of imidazole rings is 1. The van der Waals surface area contributed by atoms with Gasteiger partial charge in [0, 0.05) is 18.7 Å². The summed E-state index contributed by atoms with van der Waals surface area (Å²) in [5, 5.41) is 4.05. The highest BCUT2D eigenvalue weighted by Gasteiger charge is 2.42. The highest BCUT2D eigenvalue weighted by molar-refractivity contribution is 6.30. The molecular formula is C20H23Cl3N4O2. The van der Waals surface area contributed by atoms with Crippen molar-refractivity contribution < 1.29 is 9.47 Å². The van der Waals surface area contributed by atoms with E-state index in [-0.39, 0.29) is 36.5 Å². The summed E-state index contributed by atoms with van der Waals surface area (Å²) in [6.07, 6.45) is 6.71. The maximum Gasteiger partial charge on any atom is 0.214 e. The number of halogens is 3. The Morgan fingerprint density at radius 2 is 2.00 bits per heavy atom. The van der Waals surface area contributed by atoms with Gasteiger partial charge in [0.2, 0.25) is 5.88 Å². The molecule has 1 spiro atoms. The van der Waals surface area contributed by atoms with Gasteiger partial charge in [-0.05, 0) is 44.1 Å². The van der Waals surface area contributed by atoms with Crippen LogP contribution in [-0.2, 0) is 4.74 Å². The van der Waals surface area contributed by atoms with Gasteiger partial charge in [0.25, 0.3) is 0 Å². The Morgan fingerprint density at radius 1 is 1.17 bits per heavy atom. The molecule has 2 aliphatic heterocycles. The fourth-order valence-electron chi connectivity index (χ4n) is 4.05. The summed E-state index contributed by atoms with van der Waals surface area (Å²) < 4.78 is 14.2. The van der Waals surface area contributed by atoms with E-state index in [1.54, 1.807) is 6.20 Å². The Bertz CT molecular complexity index is 975. The van der Waals surface area contributed by atoms with E-state index in [4.69, 9.17) is 26.1 Å². The van der Waals surface area contributed by atoms with Crippen molar-refractivity contribution in [3.8, 4) is 17.3 Å². The van der Waals surface area contributed by atoms with Gasteiger partial charge in [-0.25, -0.2) is 9.97 Å². The van der Waals surface area contributed by atoms with Gasteiger partial charge in [0.15, 0.2) is 0 Å². The largest absolute Gasteiger partial charge is 0.472 e. The maximum absolute atomic E-state index is 6.17. The van der Waals surface area contributed by atoms with E-state index in [2.05, 4.69) is 10.3 Å². The smallest absolute Gasteiger partial charge is 0.214 e. The van der Waals surface area contributed by atoms with Gasteiger partial charge in [-0.1, -0.05) is 17.7 Å². The summed E-state index contributed by atoms with van der Waals surface area (Å²) in [6.45, 7) is 2.64. The third kappa shape index (κ3) is 4.47. The van der Waals surface area contributed by atoms with Crippen LogP contribution in [0.3, 0.4) is 0 Å². The lowest BCUT2D eigenvalue weighted by Crippen LogP contribution is -2.41. The maximum atomic E-state index is 6.17. The monoisotopic (exact) mass is 456 g/mol. The van der Waals surface area contributed by atoms with Crippen molar-refractivity contribution in [2.24, 2.45) is 0 Å². The molecule has 0 radical (unpaired) electrons. The minimum absolute atomic E-state index is 0. The van der Waals surface area contributed by atoms with Crippen molar-refractivity contribution in [1.82, 2.24) is 19.7 Å². The molecule has 5 rings (SSSR count). The van der Waals surface area contributed by atoms with E-state index in [9.17, 15) is 0 Å². The average Bonchev–Trinajstić information content (AvgIpc) is 3.27. The number of nitrogens with one attached hydrogen (secondary N) is 1. The van der Waals surface area contributed by atoms with Crippen LogP contribution in [-0.4, -0.2) is 45.8 Å². The van der Waals surface area contributed by atoms with E-state index in [0.29, 0.717) is 17.5 Å². The van der Waals surface area contributed by atoms with Crippen LogP contribution in [0.15, 0.2) is 42.7 Å². The number of hydrogen-bond donors (Lipinski definition) is 1. The summed E-state index contributed by atoms with van der Waals surface area (Å²) in [5.41, 5.74) is 2.50. The number of pyridine rings is 2. The van der Waals surface area contributed by atoms with E-state index in [1.165, 1.54) is 0 Å². The number of ether oxygens (including phenoxy) is 2. The molecule has 0 bridgehead atoms. The molecule has 1 atom stereocenters. The zero-order valence-corrected chi connectivity index (χ0v) is 18.1. The second-order valence-electron chi connectivity index (χ2n) is 7.27. The van der Waals surface area contributed by atoms with Gasteiger partial charge in [-0.2, -0.15) is 0 Å². The molecule has 0 aliphatic carbocycles. The molecule has 0 amide bonds. The summed E-state index contributed by atoms with van der Waals surface area (Å²) >= 11 is 6.14. The molecule has 0 aromatic carbocycles. The van der Waals surface area contributed by atoms with Crippen molar-refractivity contribution in [3.05, 3.63) is 47.7 Å². The highest BCUT2D eigenvalue weighted by atomic mass is 35.5. The zero-order valence-electron chi connectivity index (χ0n) is 15.7. The van der Waals surface area contributed by atoms with E-state index in [0.717, 1.165) is 49.4 Å². The normalized spacial score (nSPS) is 20.2. The molecule has 2 saturated heterocycles. The molecule has 1 N–H and O–H groups in total. The van der Waals surface area contributed by atoms with Gasteiger partial charge in [-0.3, -0.25) is 4.40 Å². The van der Waals surface area contributed by atoms with Crippen LogP contribution >= 0.6 is 36.4 Å². The molecule has 1 unspecified atom stereocenters. The van der Waals surface area contributed by atoms with Crippen molar-refractivity contribution in [1.29, 1.82) is 0 Å². The van der Waals surface area contributed by atoms with Crippen molar-refractivity contribution >= 4 is 42.1 Å². The van der Waals surface area contributed by atoms with E-state index < -0.39 is 0 Å². The molecule has 5 heterocycles. The van der Waals surface area contributed by atoms with Crippen LogP contribution in [0.5, 0.6) is 5.88 Å². The minimum atomic E-state index is -0.0219. The predicted octanol–water partition coefficient (Wildman–Crippen LogP) is 4.18. The zero-order chi connectivity index (χ0) is 18.3. The molecule has 3 aromatic rings. The Balaban J connectivity index is 0.00000120. The SMILES string of the molecule is Cl.Cl.Clc1ccc2ncc(-c3cccc(OC4COC5(CCNCC5)C4)n3)n2c1. The first-order valence-corrected chi connectivity index (χ1v) is 9.70. The molecule has 156 valence electrons. The van der Waals surface area contributed by atoms with Gasteiger partial charge in [-0.15, -0.1) is 24.8 Å². The minimum Gasteiger partial charge on any atom is -0.472 e. The van der Waals surface area contributed by atoms with Crippen LogP contribution in [0.2, 0.25) is 5.02 Å². The third-order valence-corrected chi connectivity index (χ3v) is 5.66. The molecule has 29 heavy (non-hydrogen) atoms. The quantitative estimate of drug-likeness (QED) is 0.639. The lowest BCUT2D eigenvalue weighted by molar-refractivity contribution is -0.0205. The second-order valence-corrected chi connectivity index (χ2v) is 7.70. The number of aromatic nitrogens is 3. The number of piperidine rings is 1.